The molecule has 1 unspecified atom stereocenters. The molecule has 1 aromatic carbocycles. The molecule has 3 rings (SSSR count). The van der Waals surface area contributed by atoms with Crippen LogP contribution in [-0.2, 0) is 11.2 Å². The molecule has 2 aliphatic rings. The van der Waals surface area contributed by atoms with Crippen LogP contribution in [-0.4, -0.2) is 13.2 Å². The van der Waals surface area contributed by atoms with Gasteiger partial charge in [-0.3, -0.25) is 0 Å². The Balaban J connectivity index is 1.86. The number of halogens is 1. The summed E-state index contributed by atoms with van der Waals surface area (Å²) in [6.45, 7) is 0. The minimum absolute atomic E-state index is 0.197. The van der Waals surface area contributed by atoms with Crippen LogP contribution in [0.1, 0.15) is 42.9 Å². The standard InChI is InChI=1S/C15H20BrNO/c1-18-12-4-6-15(7-5-12)9-10-2-3-11(16)8-13(10)14(15)17/h2-3,8,12,14H,4-7,9,17H2,1H3. The first-order valence-corrected chi connectivity index (χ1v) is 7.51. The minimum atomic E-state index is 0.197. The second-order valence-corrected chi connectivity index (χ2v) is 6.71. The second kappa shape index (κ2) is 4.62. The van der Waals surface area contributed by atoms with Crippen LogP contribution in [0, 0.1) is 5.41 Å². The van der Waals surface area contributed by atoms with Gasteiger partial charge >= 0.3 is 0 Å². The fourth-order valence-electron chi connectivity index (χ4n) is 3.73. The first kappa shape index (κ1) is 12.6. The fraction of sp³-hybridized carbons (Fsp3) is 0.600. The molecule has 98 valence electrons. The molecule has 0 bridgehead atoms. The molecule has 1 atom stereocenters. The van der Waals surface area contributed by atoms with Gasteiger partial charge in [0.05, 0.1) is 6.10 Å². The van der Waals surface area contributed by atoms with Gasteiger partial charge in [0.25, 0.3) is 0 Å². The summed E-state index contributed by atoms with van der Waals surface area (Å²) in [4.78, 5) is 0. The molecule has 1 aromatic rings. The van der Waals surface area contributed by atoms with E-state index >= 15 is 0 Å². The summed E-state index contributed by atoms with van der Waals surface area (Å²) in [6, 6.07) is 6.77. The fourth-order valence-corrected chi connectivity index (χ4v) is 4.10. The van der Waals surface area contributed by atoms with Crippen molar-refractivity contribution in [2.24, 2.45) is 11.1 Å². The zero-order valence-electron chi connectivity index (χ0n) is 10.8. The van der Waals surface area contributed by atoms with Crippen LogP contribution in [0.15, 0.2) is 22.7 Å². The smallest absolute Gasteiger partial charge is 0.0571 e. The lowest BCUT2D eigenvalue weighted by Crippen LogP contribution is -2.37. The van der Waals surface area contributed by atoms with Crippen LogP contribution in [0.3, 0.4) is 0 Å². The topological polar surface area (TPSA) is 35.2 Å². The van der Waals surface area contributed by atoms with E-state index < -0.39 is 0 Å². The molecule has 1 saturated carbocycles. The summed E-state index contributed by atoms with van der Waals surface area (Å²) in [7, 11) is 1.82. The first-order chi connectivity index (χ1) is 8.64. The highest BCUT2D eigenvalue weighted by molar-refractivity contribution is 9.10. The van der Waals surface area contributed by atoms with Crippen molar-refractivity contribution >= 4 is 15.9 Å². The van der Waals surface area contributed by atoms with E-state index in [4.69, 9.17) is 10.5 Å². The van der Waals surface area contributed by atoms with E-state index in [1.54, 1.807) is 0 Å². The molecular weight excluding hydrogens is 290 g/mol. The molecule has 2 aliphatic carbocycles. The molecule has 3 heteroatoms. The number of benzene rings is 1. The SMILES string of the molecule is COC1CCC2(CC1)Cc1ccc(Br)cc1C2N. The number of hydrogen-bond acceptors (Lipinski definition) is 2. The summed E-state index contributed by atoms with van der Waals surface area (Å²) < 4.78 is 6.62. The molecule has 1 spiro atoms. The van der Waals surface area contributed by atoms with Gasteiger partial charge in [0.1, 0.15) is 0 Å². The van der Waals surface area contributed by atoms with E-state index in [1.165, 1.54) is 24.0 Å². The van der Waals surface area contributed by atoms with Crippen LogP contribution in [0.4, 0.5) is 0 Å². The molecule has 2 N–H and O–H groups in total. The third-order valence-electron chi connectivity index (χ3n) is 4.91. The van der Waals surface area contributed by atoms with Gasteiger partial charge in [0.2, 0.25) is 0 Å². The Morgan fingerprint density at radius 2 is 2.06 bits per heavy atom. The predicted octanol–water partition coefficient (Wildman–Crippen LogP) is 3.58. The van der Waals surface area contributed by atoms with E-state index in [9.17, 15) is 0 Å². The van der Waals surface area contributed by atoms with E-state index in [1.807, 2.05) is 7.11 Å². The van der Waals surface area contributed by atoms with Crippen molar-refractivity contribution < 1.29 is 4.74 Å². The number of hydrogen-bond donors (Lipinski definition) is 1. The third kappa shape index (κ3) is 1.93. The Hall–Kier alpha value is -0.380. The molecule has 0 radical (unpaired) electrons. The lowest BCUT2D eigenvalue weighted by molar-refractivity contribution is 0.0207. The van der Waals surface area contributed by atoms with Gasteiger partial charge in [-0.05, 0) is 60.8 Å². The maximum atomic E-state index is 6.55. The van der Waals surface area contributed by atoms with Gasteiger partial charge in [-0.15, -0.1) is 0 Å². The molecule has 0 saturated heterocycles. The Morgan fingerprint density at radius 1 is 1.33 bits per heavy atom. The Kier molecular flexibility index (Phi) is 3.25. The zero-order valence-corrected chi connectivity index (χ0v) is 12.4. The predicted molar refractivity (Wildman–Crippen MR) is 76.5 cm³/mol. The number of ether oxygens (including phenoxy) is 1. The van der Waals surface area contributed by atoms with Crippen LogP contribution in [0.2, 0.25) is 0 Å². The molecule has 0 aliphatic heterocycles. The van der Waals surface area contributed by atoms with Crippen LogP contribution in [0.5, 0.6) is 0 Å². The summed E-state index contributed by atoms with van der Waals surface area (Å²) in [5, 5.41) is 0. The van der Waals surface area contributed by atoms with Crippen molar-refractivity contribution in [3.8, 4) is 0 Å². The van der Waals surface area contributed by atoms with Crippen molar-refractivity contribution in [1.82, 2.24) is 0 Å². The van der Waals surface area contributed by atoms with Gasteiger partial charge in [-0.25, -0.2) is 0 Å². The molecular formula is C15H20BrNO. The number of methoxy groups -OCH3 is 1. The number of fused-ring (bicyclic) bond motifs is 1. The van der Waals surface area contributed by atoms with Gasteiger partial charge in [-0.2, -0.15) is 0 Å². The lowest BCUT2D eigenvalue weighted by atomic mass is 9.69. The molecule has 0 aromatic heterocycles. The van der Waals surface area contributed by atoms with Crippen LogP contribution < -0.4 is 5.73 Å². The summed E-state index contributed by atoms with van der Waals surface area (Å²) in [6.07, 6.45) is 6.28. The maximum Gasteiger partial charge on any atom is 0.0571 e. The van der Waals surface area contributed by atoms with Crippen LogP contribution in [0.25, 0.3) is 0 Å². The average Bonchev–Trinajstić information content (AvgIpc) is 2.65. The molecule has 0 amide bonds. The largest absolute Gasteiger partial charge is 0.381 e. The monoisotopic (exact) mass is 309 g/mol. The van der Waals surface area contributed by atoms with Crippen molar-refractivity contribution in [3.05, 3.63) is 33.8 Å². The summed E-state index contributed by atoms with van der Waals surface area (Å²) in [5.74, 6) is 0. The molecule has 1 fully saturated rings. The first-order valence-electron chi connectivity index (χ1n) is 6.71. The van der Waals surface area contributed by atoms with E-state index in [0.29, 0.717) is 6.10 Å². The van der Waals surface area contributed by atoms with E-state index in [-0.39, 0.29) is 11.5 Å². The molecule has 0 heterocycles. The lowest BCUT2D eigenvalue weighted by Gasteiger charge is -2.40. The van der Waals surface area contributed by atoms with Crippen molar-refractivity contribution in [3.63, 3.8) is 0 Å². The number of nitrogens with two attached hydrogens (primary N) is 1. The highest BCUT2D eigenvalue weighted by atomic mass is 79.9. The van der Waals surface area contributed by atoms with Crippen molar-refractivity contribution in [1.29, 1.82) is 0 Å². The van der Waals surface area contributed by atoms with Gasteiger partial charge in [-0.1, -0.05) is 22.0 Å². The van der Waals surface area contributed by atoms with E-state index in [2.05, 4.69) is 34.1 Å². The third-order valence-corrected chi connectivity index (χ3v) is 5.40. The van der Waals surface area contributed by atoms with Crippen molar-refractivity contribution in [2.45, 2.75) is 44.2 Å². The van der Waals surface area contributed by atoms with Gasteiger partial charge < -0.3 is 10.5 Å². The highest BCUT2D eigenvalue weighted by Crippen LogP contribution is 2.53. The van der Waals surface area contributed by atoms with Crippen LogP contribution >= 0.6 is 15.9 Å². The summed E-state index contributed by atoms with van der Waals surface area (Å²) in [5.41, 5.74) is 9.63. The minimum Gasteiger partial charge on any atom is -0.381 e. The Bertz CT molecular complexity index is 452. The zero-order chi connectivity index (χ0) is 12.8. The summed E-state index contributed by atoms with van der Waals surface area (Å²) >= 11 is 3.55. The molecule has 2 nitrogen and oxygen atoms in total. The number of rotatable bonds is 1. The Morgan fingerprint density at radius 3 is 2.72 bits per heavy atom. The van der Waals surface area contributed by atoms with Gasteiger partial charge in [0.15, 0.2) is 0 Å². The van der Waals surface area contributed by atoms with Gasteiger partial charge in [0, 0.05) is 17.6 Å². The Labute approximate surface area is 117 Å². The highest BCUT2D eigenvalue weighted by Gasteiger charge is 2.46. The van der Waals surface area contributed by atoms with E-state index in [0.717, 1.165) is 23.7 Å². The average molecular weight is 310 g/mol. The maximum absolute atomic E-state index is 6.55. The second-order valence-electron chi connectivity index (χ2n) is 5.80. The quantitative estimate of drug-likeness (QED) is 0.860. The van der Waals surface area contributed by atoms with Crippen molar-refractivity contribution in [2.75, 3.05) is 7.11 Å². The normalized spacial score (nSPS) is 34.8. The molecule has 18 heavy (non-hydrogen) atoms.